The average molecular weight is 339 g/mol. The van der Waals surface area contributed by atoms with E-state index < -0.39 is 29.8 Å². The zero-order valence-electron chi connectivity index (χ0n) is 15.1. The molecular formula is C18H26FNO4. The van der Waals surface area contributed by atoms with Gasteiger partial charge in [-0.1, -0.05) is 19.1 Å². The highest BCUT2D eigenvalue weighted by atomic mass is 19.1. The normalized spacial score (nSPS) is 15.1. The fourth-order valence-corrected chi connectivity index (χ4v) is 1.97. The molecule has 3 atom stereocenters. The predicted octanol–water partition coefficient (Wildman–Crippen LogP) is 3.77. The largest absolute Gasteiger partial charge is 0.461 e. The number of alkyl carbamates (subject to hydrolysis) is 1. The van der Waals surface area contributed by atoms with Crippen LogP contribution >= 0.6 is 0 Å². The molecule has 0 aliphatic carbocycles. The van der Waals surface area contributed by atoms with E-state index in [0.717, 1.165) is 5.56 Å². The van der Waals surface area contributed by atoms with E-state index in [1.54, 1.807) is 39.8 Å². The lowest BCUT2D eigenvalue weighted by molar-refractivity contribution is -0.151. The van der Waals surface area contributed by atoms with Crippen LogP contribution in [-0.4, -0.2) is 29.8 Å². The second kappa shape index (κ2) is 8.13. The number of hydrogen-bond acceptors (Lipinski definition) is 4. The Labute approximate surface area is 142 Å². The molecule has 1 aromatic carbocycles. The van der Waals surface area contributed by atoms with Crippen molar-refractivity contribution >= 4 is 12.1 Å². The van der Waals surface area contributed by atoms with Crippen molar-refractivity contribution in [2.45, 2.75) is 65.2 Å². The highest BCUT2D eigenvalue weighted by molar-refractivity contribution is 5.81. The molecule has 1 amide bonds. The Hall–Kier alpha value is -2.11. The van der Waals surface area contributed by atoms with E-state index in [4.69, 9.17) is 9.47 Å². The van der Waals surface area contributed by atoms with E-state index in [0.29, 0.717) is 0 Å². The SMILES string of the molecule is C[C@H](NC(=O)OC(C)(C)C)C(=O)O[C@@H](C)[C@H](C)c1ccc(F)cc1. The van der Waals surface area contributed by atoms with Crippen LogP contribution in [0.5, 0.6) is 0 Å². The zero-order valence-corrected chi connectivity index (χ0v) is 15.1. The fourth-order valence-electron chi connectivity index (χ4n) is 1.97. The van der Waals surface area contributed by atoms with Crippen LogP contribution in [0.2, 0.25) is 0 Å². The van der Waals surface area contributed by atoms with E-state index in [1.165, 1.54) is 19.1 Å². The van der Waals surface area contributed by atoms with Crippen LogP contribution in [0.25, 0.3) is 0 Å². The molecule has 1 rings (SSSR count). The molecule has 0 saturated heterocycles. The molecule has 134 valence electrons. The Morgan fingerprint density at radius 2 is 1.62 bits per heavy atom. The first-order valence-electron chi connectivity index (χ1n) is 7.95. The van der Waals surface area contributed by atoms with E-state index in [-0.39, 0.29) is 11.7 Å². The van der Waals surface area contributed by atoms with Crippen molar-refractivity contribution < 1.29 is 23.5 Å². The van der Waals surface area contributed by atoms with Crippen molar-refractivity contribution in [2.75, 3.05) is 0 Å². The Balaban J connectivity index is 2.56. The molecule has 0 aromatic heterocycles. The number of esters is 1. The van der Waals surface area contributed by atoms with E-state index >= 15 is 0 Å². The van der Waals surface area contributed by atoms with Crippen molar-refractivity contribution in [3.05, 3.63) is 35.6 Å². The monoisotopic (exact) mass is 339 g/mol. The van der Waals surface area contributed by atoms with Gasteiger partial charge in [0.2, 0.25) is 0 Å². The van der Waals surface area contributed by atoms with Crippen molar-refractivity contribution in [1.29, 1.82) is 0 Å². The van der Waals surface area contributed by atoms with Crippen molar-refractivity contribution in [3.63, 3.8) is 0 Å². The first-order chi connectivity index (χ1) is 11.0. The lowest BCUT2D eigenvalue weighted by Gasteiger charge is -2.24. The molecule has 6 heteroatoms. The quantitative estimate of drug-likeness (QED) is 0.829. The minimum absolute atomic E-state index is 0.108. The summed E-state index contributed by atoms with van der Waals surface area (Å²) < 4.78 is 23.5. The number of benzene rings is 1. The first kappa shape index (κ1) is 19.9. The van der Waals surface area contributed by atoms with Gasteiger partial charge in [0.05, 0.1) is 0 Å². The maximum Gasteiger partial charge on any atom is 0.408 e. The minimum atomic E-state index is -0.831. The molecule has 0 aliphatic rings. The molecule has 0 aliphatic heterocycles. The third kappa shape index (κ3) is 6.56. The lowest BCUT2D eigenvalue weighted by atomic mass is 9.96. The minimum Gasteiger partial charge on any atom is -0.461 e. The van der Waals surface area contributed by atoms with E-state index in [9.17, 15) is 14.0 Å². The van der Waals surface area contributed by atoms with E-state index in [2.05, 4.69) is 5.32 Å². The third-order valence-corrected chi connectivity index (χ3v) is 3.49. The number of carbonyl (C=O) groups excluding carboxylic acids is 2. The number of hydrogen-bond donors (Lipinski definition) is 1. The summed E-state index contributed by atoms with van der Waals surface area (Å²) in [5.41, 5.74) is 0.224. The Morgan fingerprint density at radius 1 is 1.08 bits per heavy atom. The van der Waals surface area contributed by atoms with E-state index in [1.807, 2.05) is 6.92 Å². The Kier molecular flexibility index (Phi) is 6.75. The number of carbonyl (C=O) groups is 2. The fraction of sp³-hybridized carbons (Fsp3) is 0.556. The molecule has 0 heterocycles. The molecule has 5 nitrogen and oxygen atoms in total. The number of amides is 1. The summed E-state index contributed by atoms with van der Waals surface area (Å²) in [6.07, 6.45) is -1.10. The summed E-state index contributed by atoms with van der Waals surface area (Å²) in [5.74, 6) is -0.976. The van der Waals surface area contributed by atoms with Crippen LogP contribution in [0.15, 0.2) is 24.3 Å². The Bertz CT molecular complexity index is 565. The van der Waals surface area contributed by atoms with Gasteiger partial charge in [0.1, 0.15) is 23.6 Å². The molecule has 1 N–H and O–H groups in total. The lowest BCUT2D eigenvalue weighted by Crippen LogP contribution is -2.43. The van der Waals surface area contributed by atoms with Gasteiger partial charge >= 0.3 is 12.1 Å². The first-order valence-corrected chi connectivity index (χ1v) is 7.95. The van der Waals surface area contributed by atoms with Gasteiger partial charge < -0.3 is 14.8 Å². The number of ether oxygens (including phenoxy) is 2. The number of nitrogens with one attached hydrogen (secondary N) is 1. The van der Waals surface area contributed by atoms with Crippen LogP contribution in [0.1, 0.15) is 53.0 Å². The van der Waals surface area contributed by atoms with Gasteiger partial charge in [-0.3, -0.25) is 0 Å². The molecule has 0 bridgehead atoms. The molecule has 0 spiro atoms. The van der Waals surface area contributed by atoms with Gasteiger partial charge in [0, 0.05) is 5.92 Å². The van der Waals surface area contributed by atoms with Crippen LogP contribution in [0.3, 0.4) is 0 Å². The standard InChI is InChI=1S/C18H26FNO4/c1-11(14-7-9-15(19)10-8-14)13(3)23-16(21)12(2)20-17(22)24-18(4,5)6/h7-13H,1-6H3,(H,20,22)/t11-,12-,13-/m0/s1. The number of halogens is 1. The van der Waals surface area contributed by atoms with Gasteiger partial charge in [-0.2, -0.15) is 0 Å². The molecule has 1 aromatic rings. The third-order valence-electron chi connectivity index (χ3n) is 3.49. The summed E-state index contributed by atoms with van der Waals surface area (Å²) in [5, 5.41) is 2.44. The predicted molar refractivity (Wildman–Crippen MR) is 89.2 cm³/mol. The van der Waals surface area contributed by atoms with Gasteiger partial charge in [-0.05, 0) is 52.3 Å². The summed E-state index contributed by atoms with van der Waals surface area (Å²) >= 11 is 0. The molecule has 0 saturated carbocycles. The van der Waals surface area contributed by atoms with Crippen LogP contribution in [0, 0.1) is 5.82 Å². The summed E-state index contributed by atoms with van der Waals surface area (Å²) in [6, 6.07) is 5.22. The maximum absolute atomic E-state index is 13.0. The highest BCUT2D eigenvalue weighted by Crippen LogP contribution is 2.22. The molecule has 24 heavy (non-hydrogen) atoms. The van der Waals surface area contributed by atoms with Crippen molar-refractivity contribution in [2.24, 2.45) is 0 Å². The summed E-state index contributed by atoms with van der Waals surface area (Å²) in [7, 11) is 0. The topological polar surface area (TPSA) is 64.6 Å². The van der Waals surface area contributed by atoms with Gasteiger partial charge in [-0.25, -0.2) is 14.0 Å². The maximum atomic E-state index is 13.0. The second-order valence-electron chi connectivity index (χ2n) is 6.85. The highest BCUT2D eigenvalue weighted by Gasteiger charge is 2.25. The Morgan fingerprint density at radius 3 is 2.12 bits per heavy atom. The van der Waals surface area contributed by atoms with Crippen molar-refractivity contribution in [3.8, 4) is 0 Å². The number of rotatable bonds is 5. The summed E-state index contributed by atoms with van der Waals surface area (Å²) in [6.45, 7) is 10.4. The average Bonchev–Trinajstić information content (AvgIpc) is 2.44. The molecule has 0 radical (unpaired) electrons. The summed E-state index contributed by atoms with van der Waals surface area (Å²) in [4.78, 5) is 23.8. The second-order valence-corrected chi connectivity index (χ2v) is 6.85. The molecule has 0 unspecified atom stereocenters. The van der Waals surface area contributed by atoms with Crippen LogP contribution in [0.4, 0.5) is 9.18 Å². The molecule has 0 fully saturated rings. The van der Waals surface area contributed by atoms with Crippen LogP contribution < -0.4 is 5.32 Å². The molecular weight excluding hydrogens is 313 g/mol. The van der Waals surface area contributed by atoms with Gasteiger partial charge in [-0.15, -0.1) is 0 Å². The van der Waals surface area contributed by atoms with Gasteiger partial charge in [0.15, 0.2) is 0 Å². The van der Waals surface area contributed by atoms with Crippen LogP contribution in [-0.2, 0) is 14.3 Å². The van der Waals surface area contributed by atoms with Crippen molar-refractivity contribution in [1.82, 2.24) is 5.32 Å². The zero-order chi connectivity index (χ0) is 18.5. The smallest absolute Gasteiger partial charge is 0.408 e. The van der Waals surface area contributed by atoms with Gasteiger partial charge in [0.25, 0.3) is 0 Å².